The molecule has 2 aromatic heterocycles. The maximum atomic E-state index is 14.4. The van der Waals surface area contributed by atoms with E-state index in [0.29, 0.717) is 30.0 Å². The summed E-state index contributed by atoms with van der Waals surface area (Å²) in [5.74, 6) is 0.155. The first-order chi connectivity index (χ1) is 16.1. The summed E-state index contributed by atoms with van der Waals surface area (Å²) in [6.45, 7) is 1.35. The van der Waals surface area contributed by atoms with Crippen LogP contribution in [0, 0.1) is 5.82 Å². The molecule has 2 aromatic carbocycles. The summed E-state index contributed by atoms with van der Waals surface area (Å²) >= 11 is 0. The Bertz CT molecular complexity index is 1290. The molecule has 9 nitrogen and oxygen atoms in total. The van der Waals surface area contributed by atoms with Gasteiger partial charge in [-0.1, -0.05) is 6.07 Å². The van der Waals surface area contributed by atoms with Crippen LogP contribution in [0.2, 0.25) is 0 Å². The fraction of sp³-hybridized carbons (Fsp3) is 0.217. The van der Waals surface area contributed by atoms with Crippen LogP contribution in [-0.2, 0) is 13.2 Å². The van der Waals surface area contributed by atoms with Crippen molar-refractivity contribution in [3.63, 3.8) is 0 Å². The first kappa shape index (κ1) is 21.1. The molecule has 5 N–H and O–H groups in total. The van der Waals surface area contributed by atoms with Gasteiger partial charge in [0.25, 0.3) is 0 Å². The zero-order valence-corrected chi connectivity index (χ0v) is 17.7. The number of halogens is 1. The number of nitrogens with one attached hydrogen (secondary N) is 3. The van der Waals surface area contributed by atoms with Crippen molar-refractivity contribution >= 4 is 39.8 Å². The number of hydrogen-bond acceptors (Lipinski definition) is 9. The Balaban J connectivity index is 1.35. The summed E-state index contributed by atoms with van der Waals surface area (Å²) in [6, 6.07) is 12.9. The topological polar surface area (TPSA) is 119 Å². The van der Waals surface area contributed by atoms with Crippen molar-refractivity contribution in [2.45, 2.75) is 19.6 Å². The molecule has 3 heterocycles. The van der Waals surface area contributed by atoms with Crippen LogP contribution in [0.5, 0.6) is 0 Å². The molecule has 0 saturated heterocycles. The Hall–Kier alpha value is -3.73. The number of nitrogens with zero attached hydrogens (tertiary/aromatic N) is 3. The molecule has 4 aromatic rings. The molecule has 0 aliphatic carbocycles. The number of aliphatic hydroxyl groups excluding tert-OH is 2. The molecule has 33 heavy (non-hydrogen) atoms. The van der Waals surface area contributed by atoms with Gasteiger partial charge in [-0.2, -0.15) is 4.98 Å². The van der Waals surface area contributed by atoms with Crippen LogP contribution in [0.1, 0.15) is 17.7 Å². The highest BCUT2D eigenvalue weighted by atomic mass is 19.1. The first-order valence-corrected chi connectivity index (χ1v) is 10.6. The highest BCUT2D eigenvalue weighted by Crippen LogP contribution is 2.30. The Morgan fingerprint density at radius 2 is 1.94 bits per heavy atom. The predicted molar refractivity (Wildman–Crippen MR) is 123 cm³/mol. The number of hydrogen-bond donors (Lipinski definition) is 5. The second-order valence-electron chi connectivity index (χ2n) is 7.67. The average Bonchev–Trinajstić information content (AvgIpc) is 3.43. The predicted octanol–water partition coefficient (Wildman–Crippen LogP) is 3.55. The monoisotopic (exact) mass is 450 g/mol. The summed E-state index contributed by atoms with van der Waals surface area (Å²) in [4.78, 5) is 8.35. The second kappa shape index (κ2) is 9.02. The third kappa shape index (κ3) is 4.44. The minimum absolute atomic E-state index is 0.0325. The van der Waals surface area contributed by atoms with Gasteiger partial charge in [-0.25, -0.2) is 14.8 Å². The van der Waals surface area contributed by atoms with Crippen molar-refractivity contribution in [3.8, 4) is 0 Å². The molecule has 0 saturated carbocycles. The lowest BCUT2D eigenvalue weighted by Crippen LogP contribution is -2.33. The lowest BCUT2D eigenvalue weighted by molar-refractivity contribution is 0.251. The van der Waals surface area contributed by atoms with Gasteiger partial charge in [0.2, 0.25) is 5.95 Å². The van der Waals surface area contributed by atoms with Gasteiger partial charge in [0.05, 0.1) is 11.9 Å². The Morgan fingerprint density at radius 3 is 2.79 bits per heavy atom. The van der Waals surface area contributed by atoms with Crippen LogP contribution in [0.3, 0.4) is 0 Å². The summed E-state index contributed by atoms with van der Waals surface area (Å²) in [5, 5.41) is 27.2. The number of furan rings is 1. The van der Waals surface area contributed by atoms with Crippen molar-refractivity contribution < 1.29 is 19.0 Å². The van der Waals surface area contributed by atoms with E-state index in [1.54, 1.807) is 24.3 Å². The summed E-state index contributed by atoms with van der Waals surface area (Å²) in [6.07, 6.45) is 1.77. The van der Waals surface area contributed by atoms with E-state index in [1.165, 1.54) is 0 Å². The number of aliphatic hydroxyl groups is 2. The maximum Gasteiger partial charge on any atom is 0.229 e. The SMILES string of the molecule is OCCCN1NCc2ccc(Nc3ncc(F)c(Nc4ccc5oc(CO)cc5c4)n3)cc21. The minimum atomic E-state index is -0.586. The third-order valence-electron chi connectivity index (χ3n) is 5.36. The Labute approximate surface area is 188 Å². The molecule has 170 valence electrons. The van der Waals surface area contributed by atoms with Gasteiger partial charge in [0, 0.05) is 36.5 Å². The van der Waals surface area contributed by atoms with E-state index >= 15 is 0 Å². The standard InChI is InChI=1S/C23H23FN6O3/c24-19-12-25-23(28-17-3-2-14-11-26-30(6-1-7-31)20(14)10-17)29-22(19)27-16-4-5-21-15(8-16)9-18(13-32)33-21/h2-5,8-10,12,26,31-32H,1,6-7,11,13H2,(H2,25,27,28,29). The Morgan fingerprint density at radius 1 is 1.09 bits per heavy atom. The normalized spacial score (nSPS) is 12.9. The lowest BCUT2D eigenvalue weighted by atomic mass is 10.1. The minimum Gasteiger partial charge on any atom is -0.459 e. The molecule has 0 radical (unpaired) electrons. The maximum absolute atomic E-state index is 14.4. The number of rotatable bonds is 8. The van der Waals surface area contributed by atoms with Crippen LogP contribution in [0.25, 0.3) is 11.0 Å². The first-order valence-electron chi connectivity index (χ1n) is 10.6. The van der Waals surface area contributed by atoms with Crippen molar-refractivity contribution in [1.29, 1.82) is 0 Å². The van der Waals surface area contributed by atoms with E-state index < -0.39 is 5.82 Å². The van der Waals surface area contributed by atoms with Gasteiger partial charge in [0.15, 0.2) is 11.6 Å². The van der Waals surface area contributed by atoms with Gasteiger partial charge < -0.3 is 30.3 Å². The largest absolute Gasteiger partial charge is 0.459 e. The zero-order chi connectivity index (χ0) is 22.8. The van der Waals surface area contributed by atoms with Gasteiger partial charge in [0.1, 0.15) is 18.0 Å². The lowest BCUT2D eigenvalue weighted by Gasteiger charge is -2.19. The molecule has 0 atom stereocenters. The molecule has 0 unspecified atom stereocenters. The van der Waals surface area contributed by atoms with Crippen LogP contribution in [0.15, 0.2) is 53.1 Å². The van der Waals surface area contributed by atoms with Gasteiger partial charge in [-0.15, -0.1) is 0 Å². The number of fused-ring (bicyclic) bond motifs is 2. The van der Waals surface area contributed by atoms with Gasteiger partial charge in [-0.05, 0) is 48.4 Å². The fourth-order valence-corrected chi connectivity index (χ4v) is 3.77. The summed E-state index contributed by atoms with van der Waals surface area (Å²) < 4.78 is 19.9. The third-order valence-corrected chi connectivity index (χ3v) is 5.36. The van der Waals surface area contributed by atoms with Crippen LogP contribution in [-0.4, -0.2) is 33.3 Å². The molecule has 5 rings (SSSR count). The van der Waals surface area contributed by atoms with Crippen molar-refractivity contribution in [1.82, 2.24) is 15.4 Å². The van der Waals surface area contributed by atoms with Crippen LogP contribution < -0.4 is 21.1 Å². The quantitative estimate of drug-likeness (QED) is 0.275. The van der Waals surface area contributed by atoms with Crippen LogP contribution in [0.4, 0.5) is 33.2 Å². The number of anilines is 5. The van der Waals surface area contributed by atoms with Crippen LogP contribution >= 0.6 is 0 Å². The molecular weight excluding hydrogens is 427 g/mol. The van der Waals surface area contributed by atoms with Crippen molar-refractivity contribution in [2.75, 3.05) is 28.8 Å². The zero-order valence-electron chi connectivity index (χ0n) is 17.7. The van der Waals surface area contributed by atoms with E-state index in [2.05, 4.69) is 26.0 Å². The molecule has 1 aliphatic rings. The highest BCUT2D eigenvalue weighted by molar-refractivity contribution is 5.83. The summed E-state index contributed by atoms with van der Waals surface area (Å²) in [5.41, 5.74) is 7.49. The number of benzene rings is 2. The molecule has 1 aliphatic heterocycles. The molecule has 0 bridgehead atoms. The Kier molecular flexibility index (Phi) is 5.78. The molecule has 0 amide bonds. The van der Waals surface area contributed by atoms with Crippen molar-refractivity contribution in [3.05, 3.63) is 65.8 Å². The average molecular weight is 450 g/mol. The summed E-state index contributed by atoms with van der Waals surface area (Å²) in [7, 11) is 0. The highest BCUT2D eigenvalue weighted by Gasteiger charge is 2.19. The molecule has 0 fully saturated rings. The van der Waals surface area contributed by atoms with E-state index in [0.717, 1.165) is 35.1 Å². The van der Waals surface area contributed by atoms with Gasteiger partial charge in [-0.3, -0.25) is 0 Å². The molecule has 10 heteroatoms. The van der Waals surface area contributed by atoms with Gasteiger partial charge >= 0.3 is 0 Å². The van der Waals surface area contributed by atoms with E-state index in [4.69, 9.17) is 9.52 Å². The number of aromatic nitrogens is 2. The smallest absolute Gasteiger partial charge is 0.229 e. The van der Waals surface area contributed by atoms with Crippen molar-refractivity contribution in [2.24, 2.45) is 0 Å². The second-order valence-corrected chi connectivity index (χ2v) is 7.67. The van der Waals surface area contributed by atoms with E-state index in [-0.39, 0.29) is 25.0 Å². The molecule has 0 spiro atoms. The molecular formula is C23H23FN6O3. The van der Waals surface area contributed by atoms with E-state index in [1.807, 2.05) is 23.2 Å². The fourth-order valence-electron chi connectivity index (χ4n) is 3.77. The number of hydrazine groups is 1. The van der Waals surface area contributed by atoms with E-state index in [9.17, 15) is 9.50 Å².